The predicted octanol–water partition coefficient (Wildman–Crippen LogP) is 4.10. The first-order valence-electron chi connectivity index (χ1n) is 7.66. The molecule has 0 aromatic heterocycles. The smallest absolute Gasteiger partial charge is 0.119 e. The Hall–Kier alpha value is -1.02. The minimum absolute atomic E-state index is 0.458. The Bertz CT molecular complexity index is 420. The molecule has 0 unspecified atom stereocenters. The van der Waals surface area contributed by atoms with E-state index in [2.05, 4.69) is 19.9 Å². The molecular weight excluding hydrogens is 234 g/mol. The lowest BCUT2D eigenvalue weighted by molar-refractivity contribution is 0.413. The van der Waals surface area contributed by atoms with Gasteiger partial charge in [-0.3, -0.25) is 0 Å². The molecule has 1 aromatic carbocycles. The lowest BCUT2D eigenvalue weighted by Crippen LogP contribution is -2.09. The highest BCUT2D eigenvalue weighted by Crippen LogP contribution is 2.38. The van der Waals surface area contributed by atoms with E-state index >= 15 is 0 Å². The summed E-state index contributed by atoms with van der Waals surface area (Å²) in [6, 6.07) is 4.13. The summed E-state index contributed by atoms with van der Waals surface area (Å²) < 4.78 is 0. The lowest BCUT2D eigenvalue weighted by Gasteiger charge is -2.24. The molecule has 2 rings (SSSR count). The van der Waals surface area contributed by atoms with Crippen LogP contribution < -0.4 is 5.73 Å². The fourth-order valence-electron chi connectivity index (χ4n) is 3.26. The first-order valence-corrected chi connectivity index (χ1v) is 7.66. The van der Waals surface area contributed by atoms with Crippen molar-refractivity contribution in [1.29, 1.82) is 0 Å². The van der Waals surface area contributed by atoms with Gasteiger partial charge in [-0.25, -0.2) is 0 Å². The summed E-state index contributed by atoms with van der Waals surface area (Å²) in [7, 11) is 0. The minimum atomic E-state index is 0.458. The molecule has 0 radical (unpaired) electrons. The van der Waals surface area contributed by atoms with Gasteiger partial charge in [0.2, 0.25) is 0 Å². The van der Waals surface area contributed by atoms with Crippen LogP contribution in [-0.4, -0.2) is 5.11 Å². The van der Waals surface area contributed by atoms with Gasteiger partial charge in [0.25, 0.3) is 0 Å². The van der Waals surface area contributed by atoms with Crippen molar-refractivity contribution >= 4 is 0 Å². The van der Waals surface area contributed by atoms with Gasteiger partial charge in [0, 0.05) is 6.54 Å². The van der Waals surface area contributed by atoms with Crippen LogP contribution in [0.2, 0.25) is 0 Å². The summed E-state index contributed by atoms with van der Waals surface area (Å²) in [4.78, 5) is 0. The van der Waals surface area contributed by atoms with Crippen molar-refractivity contribution in [2.24, 2.45) is 11.7 Å². The molecule has 106 valence electrons. The van der Waals surface area contributed by atoms with E-state index < -0.39 is 0 Å². The second kappa shape index (κ2) is 6.42. The molecule has 0 atom stereocenters. The summed E-state index contributed by atoms with van der Waals surface area (Å²) in [5, 5.41) is 10.3. The van der Waals surface area contributed by atoms with Crippen molar-refractivity contribution in [3.05, 3.63) is 28.8 Å². The SMILES string of the molecule is CC(C)Cc1cc(C2CCCCC2)c(O)cc1CN. The maximum absolute atomic E-state index is 10.3. The number of hydrogen-bond acceptors (Lipinski definition) is 2. The van der Waals surface area contributed by atoms with Gasteiger partial charge in [-0.15, -0.1) is 0 Å². The molecule has 3 N–H and O–H groups in total. The van der Waals surface area contributed by atoms with Crippen LogP contribution in [0.25, 0.3) is 0 Å². The average Bonchev–Trinajstić information content (AvgIpc) is 2.40. The van der Waals surface area contributed by atoms with Crippen LogP contribution in [0.5, 0.6) is 5.75 Å². The van der Waals surface area contributed by atoms with E-state index in [0.717, 1.165) is 17.5 Å². The van der Waals surface area contributed by atoms with E-state index in [1.54, 1.807) is 0 Å². The normalized spacial score (nSPS) is 17.1. The number of aromatic hydroxyl groups is 1. The van der Waals surface area contributed by atoms with Crippen LogP contribution in [0.4, 0.5) is 0 Å². The summed E-state index contributed by atoms with van der Waals surface area (Å²) in [5.41, 5.74) is 9.40. The molecule has 2 nitrogen and oxygen atoms in total. The molecule has 19 heavy (non-hydrogen) atoms. The number of hydrogen-bond donors (Lipinski definition) is 2. The van der Waals surface area contributed by atoms with E-state index in [0.29, 0.717) is 24.1 Å². The molecule has 0 heterocycles. The molecule has 0 bridgehead atoms. The summed E-state index contributed by atoms with van der Waals surface area (Å²) >= 11 is 0. The summed E-state index contributed by atoms with van der Waals surface area (Å²) in [6.07, 6.45) is 7.42. The third-order valence-corrected chi connectivity index (χ3v) is 4.24. The Morgan fingerprint density at radius 3 is 2.42 bits per heavy atom. The zero-order chi connectivity index (χ0) is 13.8. The van der Waals surface area contributed by atoms with Gasteiger partial charge in [0.1, 0.15) is 5.75 Å². The molecule has 1 saturated carbocycles. The highest BCUT2D eigenvalue weighted by molar-refractivity contribution is 5.44. The molecule has 1 aromatic rings. The molecule has 2 heteroatoms. The van der Waals surface area contributed by atoms with Gasteiger partial charge in [-0.2, -0.15) is 0 Å². The first kappa shape index (κ1) is 14.4. The Balaban J connectivity index is 2.31. The molecule has 0 spiro atoms. The highest BCUT2D eigenvalue weighted by atomic mass is 16.3. The Morgan fingerprint density at radius 2 is 1.84 bits per heavy atom. The molecule has 1 aliphatic carbocycles. The van der Waals surface area contributed by atoms with Gasteiger partial charge in [0.05, 0.1) is 0 Å². The van der Waals surface area contributed by atoms with Gasteiger partial charge >= 0.3 is 0 Å². The Labute approximate surface area is 117 Å². The predicted molar refractivity (Wildman–Crippen MR) is 80.4 cm³/mol. The van der Waals surface area contributed by atoms with E-state index in [1.807, 2.05) is 6.07 Å². The van der Waals surface area contributed by atoms with Crippen LogP contribution in [0.1, 0.15) is 68.6 Å². The van der Waals surface area contributed by atoms with E-state index in [-0.39, 0.29) is 0 Å². The van der Waals surface area contributed by atoms with E-state index in [9.17, 15) is 5.11 Å². The second-order valence-corrected chi connectivity index (χ2v) is 6.32. The van der Waals surface area contributed by atoms with E-state index in [4.69, 9.17) is 5.73 Å². The average molecular weight is 261 g/mol. The third-order valence-electron chi connectivity index (χ3n) is 4.24. The van der Waals surface area contributed by atoms with Crippen molar-refractivity contribution < 1.29 is 5.11 Å². The Morgan fingerprint density at radius 1 is 1.16 bits per heavy atom. The molecule has 0 amide bonds. The zero-order valence-corrected chi connectivity index (χ0v) is 12.3. The molecule has 1 fully saturated rings. The van der Waals surface area contributed by atoms with Crippen LogP contribution >= 0.6 is 0 Å². The van der Waals surface area contributed by atoms with Crippen LogP contribution in [0.15, 0.2) is 12.1 Å². The standard InChI is InChI=1S/C17H27NO/c1-12(2)8-14-9-16(13-6-4-3-5-7-13)17(19)10-15(14)11-18/h9-10,12-13,19H,3-8,11,18H2,1-2H3. The zero-order valence-electron chi connectivity index (χ0n) is 12.3. The van der Waals surface area contributed by atoms with Crippen molar-refractivity contribution in [2.75, 3.05) is 0 Å². The monoisotopic (exact) mass is 261 g/mol. The lowest BCUT2D eigenvalue weighted by atomic mass is 9.82. The highest BCUT2D eigenvalue weighted by Gasteiger charge is 2.20. The van der Waals surface area contributed by atoms with Crippen LogP contribution in [-0.2, 0) is 13.0 Å². The number of nitrogens with two attached hydrogens (primary N) is 1. The molecular formula is C17H27NO. The third kappa shape index (κ3) is 3.50. The fourth-order valence-corrected chi connectivity index (χ4v) is 3.26. The molecule has 0 saturated heterocycles. The van der Waals surface area contributed by atoms with Crippen molar-refractivity contribution in [2.45, 2.75) is 64.8 Å². The summed E-state index contributed by atoms with van der Waals surface area (Å²) in [5.74, 6) is 1.63. The number of rotatable bonds is 4. The first-order chi connectivity index (χ1) is 9.11. The maximum atomic E-state index is 10.3. The van der Waals surface area contributed by atoms with Crippen LogP contribution in [0.3, 0.4) is 0 Å². The number of benzene rings is 1. The van der Waals surface area contributed by atoms with Crippen molar-refractivity contribution in [1.82, 2.24) is 0 Å². The quantitative estimate of drug-likeness (QED) is 0.857. The van der Waals surface area contributed by atoms with Gasteiger partial charge in [-0.05, 0) is 53.9 Å². The maximum Gasteiger partial charge on any atom is 0.119 e. The fraction of sp³-hybridized carbons (Fsp3) is 0.647. The van der Waals surface area contributed by atoms with Crippen LogP contribution in [0, 0.1) is 5.92 Å². The second-order valence-electron chi connectivity index (χ2n) is 6.32. The molecule has 0 aliphatic heterocycles. The van der Waals surface area contributed by atoms with Gasteiger partial charge in [0.15, 0.2) is 0 Å². The Kier molecular flexibility index (Phi) is 4.87. The van der Waals surface area contributed by atoms with E-state index in [1.165, 1.54) is 37.7 Å². The minimum Gasteiger partial charge on any atom is -0.508 e. The van der Waals surface area contributed by atoms with Crippen molar-refractivity contribution in [3.8, 4) is 5.75 Å². The number of phenolic OH excluding ortho intramolecular Hbond substituents is 1. The van der Waals surface area contributed by atoms with Crippen molar-refractivity contribution in [3.63, 3.8) is 0 Å². The largest absolute Gasteiger partial charge is 0.508 e. The molecule has 1 aliphatic rings. The topological polar surface area (TPSA) is 46.2 Å². The van der Waals surface area contributed by atoms with Gasteiger partial charge < -0.3 is 10.8 Å². The number of phenols is 1. The summed E-state index contributed by atoms with van der Waals surface area (Å²) in [6.45, 7) is 4.97. The van der Waals surface area contributed by atoms with Gasteiger partial charge in [-0.1, -0.05) is 39.2 Å².